The largest absolute Gasteiger partial charge is 0.0806 e. The molecule has 0 aromatic rings. The van der Waals surface area contributed by atoms with E-state index in [1.54, 1.807) is 5.57 Å². The van der Waals surface area contributed by atoms with Crippen LogP contribution in [0.5, 0.6) is 0 Å². The molecule has 0 spiro atoms. The molecule has 0 aromatic carbocycles. The van der Waals surface area contributed by atoms with Crippen LogP contribution in [0.25, 0.3) is 0 Å². The zero-order valence-electron chi connectivity index (χ0n) is 9.43. The summed E-state index contributed by atoms with van der Waals surface area (Å²) in [5.41, 5.74) is 3.05. The molecule has 0 fully saturated rings. The predicted molar refractivity (Wildman–Crippen MR) is 59.7 cm³/mol. The summed E-state index contributed by atoms with van der Waals surface area (Å²) in [6.45, 7) is 9.14. The fraction of sp³-hybridized carbons (Fsp3) is 0.692. The average Bonchev–Trinajstić information content (AvgIpc) is 2.10. The van der Waals surface area contributed by atoms with E-state index in [9.17, 15) is 0 Å². The second-order valence-corrected chi connectivity index (χ2v) is 4.46. The first-order chi connectivity index (χ1) is 6.15. The molecule has 1 aliphatic carbocycles. The molecule has 2 unspecified atom stereocenters. The lowest BCUT2D eigenvalue weighted by Crippen LogP contribution is -2.12. The quantitative estimate of drug-likeness (QED) is 0.603. The van der Waals surface area contributed by atoms with Gasteiger partial charge in [-0.3, -0.25) is 0 Å². The molecule has 0 nitrogen and oxygen atoms in total. The van der Waals surface area contributed by atoms with E-state index < -0.39 is 0 Å². The van der Waals surface area contributed by atoms with E-state index in [-0.39, 0.29) is 0 Å². The van der Waals surface area contributed by atoms with E-state index in [1.807, 2.05) is 0 Å². The molecular weight excluding hydrogens is 156 g/mol. The molecular formula is C13H22. The summed E-state index contributed by atoms with van der Waals surface area (Å²) < 4.78 is 0. The normalized spacial score (nSPS) is 25.1. The minimum absolute atomic E-state index is 0.795. The molecule has 1 rings (SSSR count). The van der Waals surface area contributed by atoms with Gasteiger partial charge in [0.1, 0.15) is 0 Å². The molecule has 0 saturated carbocycles. The van der Waals surface area contributed by atoms with Gasteiger partial charge < -0.3 is 0 Å². The smallest absolute Gasteiger partial charge is 0.0167 e. The summed E-state index contributed by atoms with van der Waals surface area (Å²) in [5.74, 6) is 1.65. The molecule has 0 amide bonds. The summed E-state index contributed by atoms with van der Waals surface area (Å²) >= 11 is 0. The third-order valence-corrected chi connectivity index (χ3v) is 3.28. The van der Waals surface area contributed by atoms with Crippen molar-refractivity contribution in [3.05, 3.63) is 23.3 Å². The Morgan fingerprint density at radius 1 is 1.46 bits per heavy atom. The van der Waals surface area contributed by atoms with Crippen molar-refractivity contribution in [2.24, 2.45) is 11.8 Å². The Morgan fingerprint density at radius 2 is 2.15 bits per heavy atom. The third kappa shape index (κ3) is 2.72. The van der Waals surface area contributed by atoms with Gasteiger partial charge in [-0.05, 0) is 32.1 Å². The first-order valence-corrected chi connectivity index (χ1v) is 5.49. The van der Waals surface area contributed by atoms with Gasteiger partial charge in [-0.25, -0.2) is 0 Å². The zero-order valence-corrected chi connectivity index (χ0v) is 9.43. The second-order valence-electron chi connectivity index (χ2n) is 4.46. The lowest BCUT2D eigenvalue weighted by molar-refractivity contribution is 0.391. The van der Waals surface area contributed by atoms with Crippen molar-refractivity contribution < 1.29 is 0 Å². The molecule has 0 bridgehead atoms. The minimum Gasteiger partial charge on any atom is -0.0806 e. The van der Waals surface area contributed by atoms with E-state index in [2.05, 4.69) is 39.8 Å². The molecule has 0 N–H and O–H groups in total. The fourth-order valence-electron chi connectivity index (χ4n) is 2.05. The molecule has 13 heavy (non-hydrogen) atoms. The van der Waals surface area contributed by atoms with Crippen molar-refractivity contribution >= 4 is 0 Å². The van der Waals surface area contributed by atoms with E-state index in [0.29, 0.717) is 0 Å². The standard InChI is InChI=1S/C13H22/c1-5-6-11(3)13-8-7-10(2)12(4)9-13/h7-8,11,13H,5-6,9H2,1-4H3. The Hall–Kier alpha value is -0.520. The first-order valence-electron chi connectivity index (χ1n) is 5.49. The molecule has 2 atom stereocenters. The Morgan fingerprint density at radius 3 is 2.69 bits per heavy atom. The van der Waals surface area contributed by atoms with Gasteiger partial charge in [0.2, 0.25) is 0 Å². The molecule has 0 aliphatic heterocycles. The maximum absolute atomic E-state index is 2.41. The number of allylic oxidation sites excluding steroid dienone is 4. The summed E-state index contributed by atoms with van der Waals surface area (Å²) in [7, 11) is 0. The van der Waals surface area contributed by atoms with Gasteiger partial charge in [0.15, 0.2) is 0 Å². The highest BCUT2D eigenvalue weighted by Gasteiger charge is 2.17. The highest BCUT2D eigenvalue weighted by Crippen LogP contribution is 2.30. The Labute approximate surface area is 82.7 Å². The van der Waals surface area contributed by atoms with E-state index in [1.165, 1.54) is 24.8 Å². The monoisotopic (exact) mass is 178 g/mol. The Kier molecular flexibility index (Phi) is 3.77. The van der Waals surface area contributed by atoms with Crippen molar-refractivity contribution in [2.75, 3.05) is 0 Å². The second kappa shape index (κ2) is 4.64. The van der Waals surface area contributed by atoms with E-state index >= 15 is 0 Å². The number of rotatable bonds is 3. The topological polar surface area (TPSA) is 0 Å². The van der Waals surface area contributed by atoms with Gasteiger partial charge in [0.25, 0.3) is 0 Å². The average molecular weight is 178 g/mol. The van der Waals surface area contributed by atoms with Gasteiger partial charge in [0.05, 0.1) is 0 Å². The third-order valence-electron chi connectivity index (χ3n) is 3.28. The summed E-state index contributed by atoms with van der Waals surface area (Å²) in [5, 5.41) is 0. The fourth-order valence-corrected chi connectivity index (χ4v) is 2.05. The highest BCUT2D eigenvalue weighted by molar-refractivity contribution is 5.27. The van der Waals surface area contributed by atoms with Gasteiger partial charge in [-0.1, -0.05) is 50.0 Å². The summed E-state index contributed by atoms with van der Waals surface area (Å²) in [4.78, 5) is 0. The van der Waals surface area contributed by atoms with Crippen LogP contribution in [0.2, 0.25) is 0 Å². The van der Waals surface area contributed by atoms with Crippen LogP contribution in [0.4, 0.5) is 0 Å². The van der Waals surface area contributed by atoms with Crippen molar-refractivity contribution in [3.63, 3.8) is 0 Å². The highest BCUT2D eigenvalue weighted by atomic mass is 14.2. The maximum atomic E-state index is 2.41. The van der Waals surface area contributed by atoms with Crippen molar-refractivity contribution in [1.29, 1.82) is 0 Å². The van der Waals surface area contributed by atoms with Crippen LogP contribution in [-0.2, 0) is 0 Å². The van der Waals surface area contributed by atoms with Crippen LogP contribution in [-0.4, -0.2) is 0 Å². The van der Waals surface area contributed by atoms with Crippen LogP contribution in [0.3, 0.4) is 0 Å². The van der Waals surface area contributed by atoms with Crippen LogP contribution in [0.15, 0.2) is 23.3 Å². The van der Waals surface area contributed by atoms with Crippen molar-refractivity contribution in [2.45, 2.75) is 47.0 Å². The van der Waals surface area contributed by atoms with Gasteiger partial charge >= 0.3 is 0 Å². The molecule has 0 radical (unpaired) electrons. The summed E-state index contributed by atoms with van der Waals surface area (Å²) in [6, 6.07) is 0. The SMILES string of the molecule is CCCC(C)C1C=CC(C)=C(C)C1. The lowest BCUT2D eigenvalue weighted by Gasteiger charge is -2.24. The minimum atomic E-state index is 0.795. The van der Waals surface area contributed by atoms with Crippen LogP contribution >= 0.6 is 0 Å². The lowest BCUT2D eigenvalue weighted by atomic mass is 9.81. The van der Waals surface area contributed by atoms with Crippen LogP contribution in [0, 0.1) is 11.8 Å². The van der Waals surface area contributed by atoms with Crippen LogP contribution in [0.1, 0.15) is 47.0 Å². The predicted octanol–water partition coefficient (Wildman–Crippen LogP) is 4.34. The van der Waals surface area contributed by atoms with Crippen molar-refractivity contribution in [1.82, 2.24) is 0 Å². The Bertz CT molecular complexity index is 220. The molecule has 0 saturated heterocycles. The number of hydrogen-bond acceptors (Lipinski definition) is 0. The Balaban J connectivity index is 2.54. The molecule has 0 heteroatoms. The molecule has 74 valence electrons. The molecule has 0 aromatic heterocycles. The van der Waals surface area contributed by atoms with Crippen LogP contribution < -0.4 is 0 Å². The van der Waals surface area contributed by atoms with Gasteiger partial charge in [-0.15, -0.1) is 0 Å². The first kappa shape index (κ1) is 10.6. The van der Waals surface area contributed by atoms with Crippen molar-refractivity contribution in [3.8, 4) is 0 Å². The summed E-state index contributed by atoms with van der Waals surface area (Å²) in [6.07, 6.45) is 8.66. The molecule has 0 heterocycles. The van der Waals surface area contributed by atoms with Gasteiger partial charge in [-0.2, -0.15) is 0 Å². The van der Waals surface area contributed by atoms with E-state index in [0.717, 1.165) is 11.8 Å². The maximum Gasteiger partial charge on any atom is -0.0167 e. The van der Waals surface area contributed by atoms with Gasteiger partial charge in [0, 0.05) is 0 Å². The molecule has 1 aliphatic rings. The van der Waals surface area contributed by atoms with E-state index in [4.69, 9.17) is 0 Å². The number of hydrogen-bond donors (Lipinski definition) is 0. The zero-order chi connectivity index (χ0) is 9.84.